The monoisotopic (exact) mass is 253 g/mol. The van der Waals surface area contributed by atoms with Crippen molar-refractivity contribution in [1.82, 2.24) is 4.90 Å². The lowest BCUT2D eigenvalue weighted by molar-refractivity contribution is 0.0793. The van der Waals surface area contributed by atoms with Crippen molar-refractivity contribution in [3.8, 4) is 0 Å². The molecule has 0 fully saturated rings. The molecule has 1 amide bonds. The first kappa shape index (κ1) is 14.0. The van der Waals surface area contributed by atoms with Gasteiger partial charge in [-0.2, -0.15) is 0 Å². The minimum absolute atomic E-state index is 0.0250. The predicted octanol–water partition coefficient (Wildman–Crippen LogP) is 1.34. The van der Waals surface area contributed by atoms with Crippen LogP contribution in [0.2, 0.25) is 0 Å². The second kappa shape index (κ2) is 6.00. The van der Waals surface area contributed by atoms with Crippen LogP contribution in [0.1, 0.15) is 22.3 Å². The van der Waals surface area contributed by atoms with Crippen LogP contribution in [-0.4, -0.2) is 35.4 Å². The zero-order valence-corrected chi connectivity index (χ0v) is 10.4. The van der Waals surface area contributed by atoms with Gasteiger partial charge in [0.2, 0.25) is 0 Å². The molecule has 1 rings (SSSR count). The van der Waals surface area contributed by atoms with Crippen molar-refractivity contribution in [3.05, 3.63) is 35.1 Å². The summed E-state index contributed by atoms with van der Waals surface area (Å²) in [5, 5.41) is 11.2. The summed E-state index contributed by atoms with van der Waals surface area (Å²) in [5.41, 5.74) is 5.75. The number of hydrogen-bond donors (Lipinski definition) is 2. The van der Waals surface area contributed by atoms with Crippen molar-refractivity contribution in [2.45, 2.75) is 13.3 Å². The molecule has 6 heteroatoms. The lowest BCUT2D eigenvalue weighted by Crippen LogP contribution is -2.31. The van der Waals surface area contributed by atoms with E-state index in [0.29, 0.717) is 5.56 Å². The summed E-state index contributed by atoms with van der Waals surface area (Å²) in [6, 6.07) is 4.66. The van der Waals surface area contributed by atoms with Crippen molar-refractivity contribution in [2.75, 3.05) is 13.6 Å². The standard InChI is InChI=1S/C12H16FN3O2/c1-8-4-3-5-9(11(8)13)12(17)16(2)7-6-10(14)15-18/h3-5,18H,6-7H2,1-2H3,(H2,14,15). The smallest absolute Gasteiger partial charge is 0.256 e. The largest absolute Gasteiger partial charge is 0.409 e. The molecular formula is C12H16FN3O2. The van der Waals surface area contributed by atoms with E-state index in [9.17, 15) is 9.18 Å². The minimum Gasteiger partial charge on any atom is -0.409 e. The van der Waals surface area contributed by atoms with Gasteiger partial charge >= 0.3 is 0 Å². The highest BCUT2D eigenvalue weighted by Gasteiger charge is 2.17. The number of nitrogens with zero attached hydrogens (tertiary/aromatic N) is 2. The summed E-state index contributed by atoms with van der Waals surface area (Å²) in [6.45, 7) is 1.85. The molecule has 1 aromatic rings. The molecule has 0 aliphatic heterocycles. The van der Waals surface area contributed by atoms with Crippen LogP contribution in [0.25, 0.3) is 0 Å². The molecule has 0 aliphatic carbocycles. The molecule has 0 atom stereocenters. The number of amidine groups is 1. The molecule has 0 aliphatic rings. The van der Waals surface area contributed by atoms with E-state index < -0.39 is 11.7 Å². The number of carbonyl (C=O) groups is 1. The second-order valence-corrected chi connectivity index (χ2v) is 4.00. The molecule has 1 aromatic carbocycles. The first-order chi connectivity index (χ1) is 8.47. The number of hydrogen-bond acceptors (Lipinski definition) is 3. The van der Waals surface area contributed by atoms with E-state index in [2.05, 4.69) is 5.16 Å². The third kappa shape index (κ3) is 3.19. The van der Waals surface area contributed by atoms with Crippen molar-refractivity contribution in [1.29, 1.82) is 0 Å². The van der Waals surface area contributed by atoms with Gasteiger partial charge in [0.25, 0.3) is 5.91 Å². The Kier molecular flexibility index (Phi) is 4.65. The normalized spacial score (nSPS) is 11.4. The van der Waals surface area contributed by atoms with Crippen LogP contribution >= 0.6 is 0 Å². The van der Waals surface area contributed by atoms with Crippen molar-refractivity contribution in [2.24, 2.45) is 10.9 Å². The van der Waals surface area contributed by atoms with E-state index in [-0.39, 0.29) is 24.4 Å². The number of aryl methyl sites for hydroxylation is 1. The summed E-state index contributed by atoms with van der Waals surface area (Å²) in [6.07, 6.45) is 0.228. The van der Waals surface area contributed by atoms with Crippen LogP contribution in [0.4, 0.5) is 4.39 Å². The number of oxime groups is 1. The highest BCUT2D eigenvalue weighted by atomic mass is 19.1. The Labute approximate surface area is 105 Å². The van der Waals surface area contributed by atoms with Gasteiger partial charge in [-0.25, -0.2) is 4.39 Å². The van der Waals surface area contributed by atoms with Crippen LogP contribution in [0.15, 0.2) is 23.4 Å². The SMILES string of the molecule is Cc1cccc(C(=O)N(C)CC/C(N)=N/O)c1F. The van der Waals surface area contributed by atoms with Crippen molar-refractivity contribution < 1.29 is 14.4 Å². The molecule has 98 valence electrons. The number of carbonyl (C=O) groups excluding carboxylic acids is 1. The van der Waals surface area contributed by atoms with Crippen LogP contribution < -0.4 is 5.73 Å². The fraction of sp³-hybridized carbons (Fsp3) is 0.333. The number of amides is 1. The molecule has 5 nitrogen and oxygen atoms in total. The van der Waals surface area contributed by atoms with Gasteiger partial charge in [-0.1, -0.05) is 17.3 Å². The highest BCUT2D eigenvalue weighted by molar-refractivity contribution is 5.94. The Bertz CT molecular complexity index is 474. The molecule has 0 unspecified atom stereocenters. The maximum Gasteiger partial charge on any atom is 0.256 e. The van der Waals surface area contributed by atoms with Crippen LogP contribution in [0.3, 0.4) is 0 Å². The van der Waals surface area contributed by atoms with E-state index in [1.165, 1.54) is 18.0 Å². The van der Waals surface area contributed by atoms with Gasteiger partial charge in [0, 0.05) is 20.0 Å². The Morgan fingerprint density at radius 2 is 2.22 bits per heavy atom. The Morgan fingerprint density at radius 1 is 1.56 bits per heavy atom. The van der Waals surface area contributed by atoms with E-state index in [1.807, 2.05) is 0 Å². The predicted molar refractivity (Wildman–Crippen MR) is 66.1 cm³/mol. The molecule has 0 saturated heterocycles. The van der Waals surface area contributed by atoms with Gasteiger partial charge < -0.3 is 15.8 Å². The van der Waals surface area contributed by atoms with Crippen molar-refractivity contribution >= 4 is 11.7 Å². The highest BCUT2D eigenvalue weighted by Crippen LogP contribution is 2.13. The molecule has 0 heterocycles. The van der Waals surface area contributed by atoms with Gasteiger partial charge in [0.05, 0.1) is 5.56 Å². The molecule has 18 heavy (non-hydrogen) atoms. The average Bonchev–Trinajstić information content (AvgIpc) is 2.37. The minimum atomic E-state index is -0.516. The summed E-state index contributed by atoms with van der Waals surface area (Å²) >= 11 is 0. The first-order valence-corrected chi connectivity index (χ1v) is 5.44. The number of nitrogens with two attached hydrogens (primary N) is 1. The quantitative estimate of drug-likeness (QED) is 0.368. The molecule has 0 bridgehead atoms. The first-order valence-electron chi connectivity index (χ1n) is 5.44. The Balaban J connectivity index is 2.78. The molecule has 0 radical (unpaired) electrons. The summed E-state index contributed by atoms with van der Waals surface area (Å²) in [5.74, 6) is -0.917. The zero-order chi connectivity index (χ0) is 13.7. The van der Waals surface area contributed by atoms with Gasteiger partial charge in [0.1, 0.15) is 11.7 Å². The van der Waals surface area contributed by atoms with Gasteiger partial charge in [-0.05, 0) is 18.6 Å². The fourth-order valence-electron chi connectivity index (χ4n) is 1.45. The van der Waals surface area contributed by atoms with E-state index in [0.717, 1.165) is 0 Å². The Morgan fingerprint density at radius 3 is 2.83 bits per heavy atom. The fourth-order valence-corrected chi connectivity index (χ4v) is 1.45. The van der Waals surface area contributed by atoms with E-state index >= 15 is 0 Å². The molecular weight excluding hydrogens is 237 g/mol. The summed E-state index contributed by atoms with van der Waals surface area (Å²) in [4.78, 5) is 13.3. The maximum atomic E-state index is 13.7. The number of rotatable bonds is 4. The van der Waals surface area contributed by atoms with Gasteiger partial charge in [-0.3, -0.25) is 4.79 Å². The summed E-state index contributed by atoms with van der Waals surface area (Å²) in [7, 11) is 1.54. The van der Waals surface area contributed by atoms with Crippen LogP contribution in [0, 0.1) is 12.7 Å². The van der Waals surface area contributed by atoms with Gasteiger partial charge in [-0.15, -0.1) is 0 Å². The zero-order valence-electron chi connectivity index (χ0n) is 10.4. The topological polar surface area (TPSA) is 78.9 Å². The second-order valence-electron chi connectivity index (χ2n) is 4.00. The Hall–Kier alpha value is -2.11. The maximum absolute atomic E-state index is 13.7. The lowest BCUT2D eigenvalue weighted by atomic mass is 10.1. The van der Waals surface area contributed by atoms with Crippen LogP contribution in [0.5, 0.6) is 0 Å². The third-order valence-corrected chi connectivity index (χ3v) is 2.60. The molecule has 0 aromatic heterocycles. The number of halogens is 1. The number of benzene rings is 1. The third-order valence-electron chi connectivity index (χ3n) is 2.60. The summed E-state index contributed by atoms with van der Waals surface area (Å²) < 4.78 is 13.7. The van der Waals surface area contributed by atoms with Crippen molar-refractivity contribution in [3.63, 3.8) is 0 Å². The molecule has 0 saturated carbocycles. The molecule has 3 N–H and O–H groups in total. The average molecular weight is 253 g/mol. The van der Waals surface area contributed by atoms with Gasteiger partial charge in [0.15, 0.2) is 0 Å². The van der Waals surface area contributed by atoms with E-state index in [1.54, 1.807) is 19.1 Å². The van der Waals surface area contributed by atoms with Crippen LogP contribution in [-0.2, 0) is 0 Å². The van der Waals surface area contributed by atoms with E-state index in [4.69, 9.17) is 10.9 Å². The molecule has 0 spiro atoms. The lowest BCUT2D eigenvalue weighted by Gasteiger charge is -2.17.